The van der Waals surface area contributed by atoms with Gasteiger partial charge in [0.25, 0.3) is 0 Å². The second kappa shape index (κ2) is 6.52. The number of cyclic esters (lactones) is 1. The predicted molar refractivity (Wildman–Crippen MR) is 105 cm³/mol. The van der Waals surface area contributed by atoms with Gasteiger partial charge in [-0.2, -0.15) is 0 Å². The Morgan fingerprint density at radius 3 is 2.59 bits per heavy atom. The van der Waals surface area contributed by atoms with E-state index in [1.807, 2.05) is 6.92 Å². The Bertz CT molecular complexity index is 735. The molecule has 0 bridgehead atoms. The lowest BCUT2D eigenvalue weighted by Gasteiger charge is -2.65. The van der Waals surface area contributed by atoms with Gasteiger partial charge in [-0.05, 0) is 86.0 Å². The summed E-state index contributed by atoms with van der Waals surface area (Å²) in [6.07, 6.45) is 6.37. The molecule has 4 fully saturated rings. The van der Waals surface area contributed by atoms with Crippen molar-refractivity contribution in [3.8, 4) is 0 Å². The smallest absolute Gasteiger partial charge is 0.331 e. The summed E-state index contributed by atoms with van der Waals surface area (Å²) in [7, 11) is 0. The highest BCUT2D eigenvalue weighted by molar-refractivity contribution is 5.85. The molecule has 0 radical (unpaired) electrons. The van der Waals surface area contributed by atoms with E-state index < -0.39 is 17.1 Å². The van der Waals surface area contributed by atoms with Gasteiger partial charge in [0.1, 0.15) is 6.61 Å². The standard InChI is InChI=1S/C23H34O6/c1-21-16(13-8-20(27)29-11-13)5-7-23(21,28)17-3-2-14-9-15(25)4-6-22(14,12-24)18(17)10-19(21)26/h8,14-19,24-26,28H,2-7,9-12H2,1H3/t14-,15-,16+,17+,18-,19+,21-,22+,23-/m0/s1. The number of esters is 1. The molecule has 0 aromatic rings. The number of ether oxygens (including phenoxy) is 1. The van der Waals surface area contributed by atoms with Gasteiger partial charge in [-0.15, -0.1) is 0 Å². The number of rotatable bonds is 2. The summed E-state index contributed by atoms with van der Waals surface area (Å²) in [5.74, 6) is -0.0637. The van der Waals surface area contributed by atoms with Crippen LogP contribution in [0.3, 0.4) is 0 Å². The van der Waals surface area contributed by atoms with E-state index in [2.05, 4.69) is 0 Å². The van der Waals surface area contributed by atoms with Gasteiger partial charge >= 0.3 is 5.97 Å². The van der Waals surface area contributed by atoms with E-state index in [9.17, 15) is 25.2 Å². The van der Waals surface area contributed by atoms with Gasteiger partial charge in [-0.1, -0.05) is 6.92 Å². The fourth-order valence-electron chi connectivity index (χ4n) is 8.48. The zero-order valence-corrected chi connectivity index (χ0v) is 17.2. The zero-order chi connectivity index (χ0) is 20.6. The molecule has 0 aromatic heterocycles. The van der Waals surface area contributed by atoms with Crippen molar-refractivity contribution in [2.24, 2.45) is 34.5 Å². The van der Waals surface area contributed by atoms with E-state index >= 15 is 0 Å². The first-order valence-electron chi connectivity index (χ1n) is 11.3. The summed E-state index contributed by atoms with van der Waals surface area (Å²) in [5, 5.41) is 44.3. The van der Waals surface area contributed by atoms with E-state index in [1.165, 1.54) is 0 Å². The maximum Gasteiger partial charge on any atom is 0.331 e. The van der Waals surface area contributed by atoms with Crippen molar-refractivity contribution in [1.29, 1.82) is 0 Å². The average Bonchev–Trinajstić information content (AvgIpc) is 3.24. The quantitative estimate of drug-likeness (QED) is 0.519. The fourth-order valence-corrected chi connectivity index (χ4v) is 8.48. The molecule has 5 rings (SSSR count). The summed E-state index contributed by atoms with van der Waals surface area (Å²) in [6.45, 7) is 2.32. The first-order chi connectivity index (χ1) is 13.8. The molecule has 0 unspecified atom stereocenters. The van der Waals surface area contributed by atoms with Crippen molar-refractivity contribution in [3.63, 3.8) is 0 Å². The van der Waals surface area contributed by atoms with Gasteiger partial charge in [0, 0.05) is 18.1 Å². The van der Waals surface area contributed by atoms with E-state index in [4.69, 9.17) is 4.74 Å². The fraction of sp³-hybridized carbons (Fsp3) is 0.870. The van der Waals surface area contributed by atoms with Crippen LogP contribution in [-0.4, -0.2) is 57.4 Å². The minimum atomic E-state index is -1.02. The topological polar surface area (TPSA) is 107 Å². The summed E-state index contributed by atoms with van der Waals surface area (Å²) in [5.41, 5.74) is -1.15. The Kier molecular flexibility index (Phi) is 4.49. The summed E-state index contributed by atoms with van der Waals surface area (Å²) < 4.78 is 5.14. The molecule has 162 valence electrons. The molecule has 4 N–H and O–H groups in total. The number of carbonyl (C=O) groups is 1. The van der Waals surface area contributed by atoms with Crippen LogP contribution in [0.1, 0.15) is 58.3 Å². The number of fused-ring (bicyclic) bond motifs is 5. The third-order valence-corrected chi connectivity index (χ3v) is 10.0. The molecule has 0 spiro atoms. The molecule has 4 aliphatic carbocycles. The van der Waals surface area contributed by atoms with Gasteiger partial charge in [-0.25, -0.2) is 4.79 Å². The highest BCUT2D eigenvalue weighted by Crippen LogP contribution is 2.69. The van der Waals surface area contributed by atoms with Crippen LogP contribution in [0.15, 0.2) is 11.6 Å². The Morgan fingerprint density at radius 1 is 1.10 bits per heavy atom. The largest absolute Gasteiger partial charge is 0.458 e. The molecule has 29 heavy (non-hydrogen) atoms. The minimum absolute atomic E-state index is 0.0261. The second-order valence-electron chi connectivity index (χ2n) is 10.7. The van der Waals surface area contributed by atoms with Crippen LogP contribution in [0, 0.1) is 34.5 Å². The third kappa shape index (κ3) is 2.46. The first kappa shape index (κ1) is 20.0. The highest BCUT2D eigenvalue weighted by Gasteiger charge is 2.71. The number of aliphatic hydroxyl groups is 4. The van der Waals surface area contributed by atoms with Crippen LogP contribution < -0.4 is 0 Å². The lowest BCUT2D eigenvalue weighted by atomic mass is 9.42. The molecule has 5 aliphatic rings. The lowest BCUT2D eigenvalue weighted by Crippen LogP contribution is -2.68. The minimum Gasteiger partial charge on any atom is -0.458 e. The first-order valence-corrected chi connectivity index (χ1v) is 11.3. The third-order valence-electron chi connectivity index (χ3n) is 10.0. The summed E-state index contributed by atoms with van der Waals surface area (Å²) in [6, 6.07) is 0. The van der Waals surface area contributed by atoms with Crippen molar-refractivity contribution in [2.45, 2.75) is 76.1 Å². The van der Waals surface area contributed by atoms with Gasteiger partial charge in [-0.3, -0.25) is 0 Å². The average molecular weight is 407 g/mol. The van der Waals surface area contributed by atoms with Crippen molar-refractivity contribution < 1.29 is 30.0 Å². The molecule has 9 atom stereocenters. The van der Waals surface area contributed by atoms with Crippen molar-refractivity contribution in [3.05, 3.63) is 11.6 Å². The maximum atomic E-state index is 12.1. The molecule has 6 heteroatoms. The second-order valence-corrected chi connectivity index (χ2v) is 10.7. The normalized spacial score (nSPS) is 54.2. The van der Waals surface area contributed by atoms with Crippen LogP contribution in [0.25, 0.3) is 0 Å². The van der Waals surface area contributed by atoms with E-state index in [0.717, 1.165) is 31.3 Å². The zero-order valence-electron chi connectivity index (χ0n) is 17.2. The molecular formula is C23H34O6. The van der Waals surface area contributed by atoms with Gasteiger partial charge in [0.2, 0.25) is 0 Å². The molecule has 0 aromatic carbocycles. The number of hydrogen-bond acceptors (Lipinski definition) is 6. The van der Waals surface area contributed by atoms with Gasteiger partial charge in [0.15, 0.2) is 0 Å². The van der Waals surface area contributed by atoms with Gasteiger partial charge in [0.05, 0.1) is 17.8 Å². The van der Waals surface area contributed by atoms with Crippen molar-refractivity contribution in [2.75, 3.05) is 13.2 Å². The number of hydrogen-bond donors (Lipinski definition) is 4. The van der Waals surface area contributed by atoms with E-state index in [1.54, 1.807) is 6.08 Å². The molecule has 1 aliphatic heterocycles. The monoisotopic (exact) mass is 406 g/mol. The number of aliphatic hydroxyl groups excluding tert-OH is 3. The Morgan fingerprint density at radius 2 is 1.90 bits per heavy atom. The molecule has 0 saturated heterocycles. The van der Waals surface area contributed by atoms with E-state index in [0.29, 0.717) is 25.7 Å². The molecular weight excluding hydrogens is 372 g/mol. The van der Waals surface area contributed by atoms with Crippen LogP contribution >= 0.6 is 0 Å². The Labute approximate surface area is 172 Å². The van der Waals surface area contributed by atoms with Crippen molar-refractivity contribution in [1.82, 2.24) is 0 Å². The molecule has 4 saturated carbocycles. The predicted octanol–water partition coefficient (Wildman–Crippen LogP) is 1.55. The van der Waals surface area contributed by atoms with Crippen LogP contribution in [0.2, 0.25) is 0 Å². The lowest BCUT2D eigenvalue weighted by molar-refractivity contribution is -0.252. The molecule has 0 amide bonds. The summed E-state index contributed by atoms with van der Waals surface area (Å²) >= 11 is 0. The van der Waals surface area contributed by atoms with Crippen LogP contribution in [-0.2, 0) is 9.53 Å². The highest BCUT2D eigenvalue weighted by atomic mass is 16.5. The molecule has 6 nitrogen and oxygen atoms in total. The van der Waals surface area contributed by atoms with E-state index in [-0.39, 0.29) is 54.4 Å². The Hall–Kier alpha value is -0.950. The number of carbonyl (C=O) groups excluding carboxylic acids is 1. The van der Waals surface area contributed by atoms with Crippen molar-refractivity contribution >= 4 is 5.97 Å². The van der Waals surface area contributed by atoms with Crippen LogP contribution in [0.5, 0.6) is 0 Å². The Balaban J connectivity index is 1.53. The maximum absolute atomic E-state index is 12.1. The summed E-state index contributed by atoms with van der Waals surface area (Å²) in [4.78, 5) is 11.7. The molecule has 1 heterocycles. The van der Waals surface area contributed by atoms with Crippen LogP contribution in [0.4, 0.5) is 0 Å². The van der Waals surface area contributed by atoms with Gasteiger partial charge < -0.3 is 25.2 Å². The SMILES string of the molecule is C[C@]12[C@H](O)C[C@H]3[C@@H](CC[C@H]4C[C@@H](O)CC[C@@]43CO)[C@@]1(O)CC[C@@H]2C1=CC(=O)OC1.